The molecule has 0 heterocycles. The van der Waals surface area contributed by atoms with Crippen LogP contribution in [-0.4, -0.2) is 30.2 Å². The van der Waals surface area contributed by atoms with Gasteiger partial charge in [-0.25, -0.2) is 0 Å². The third-order valence-corrected chi connectivity index (χ3v) is 3.93. The molecule has 2 aromatic carbocycles. The number of aliphatic hydroxyl groups excluding tert-OH is 1. The first-order valence-corrected chi connectivity index (χ1v) is 7.64. The van der Waals surface area contributed by atoms with Crippen LogP contribution in [0.15, 0.2) is 65.6 Å². The number of hydrogen-bond donors (Lipinski definition) is 1. The van der Waals surface area contributed by atoms with Crippen molar-refractivity contribution in [2.24, 2.45) is 0 Å². The molecule has 2 atom stereocenters. The van der Waals surface area contributed by atoms with Gasteiger partial charge in [-0.1, -0.05) is 48.5 Å². The van der Waals surface area contributed by atoms with Crippen LogP contribution in [0.1, 0.15) is 11.7 Å². The maximum atomic E-state index is 12.3. The van der Waals surface area contributed by atoms with E-state index < -0.39 is 12.2 Å². The summed E-state index contributed by atoms with van der Waals surface area (Å²) in [7, 11) is 1.50. The summed E-state index contributed by atoms with van der Waals surface area (Å²) in [6.45, 7) is -0.0000946. The predicted molar refractivity (Wildman–Crippen MR) is 85.5 cm³/mol. The summed E-state index contributed by atoms with van der Waals surface area (Å²) in [5, 5.41) is 10.0. The Morgan fingerprint density at radius 1 is 1.09 bits per heavy atom. The molecule has 0 unspecified atom stereocenters. The Morgan fingerprint density at radius 2 is 1.68 bits per heavy atom. The lowest BCUT2D eigenvalue weighted by atomic mass is 10.1. The van der Waals surface area contributed by atoms with Gasteiger partial charge < -0.3 is 14.6 Å². The molecule has 0 aromatic heterocycles. The molecule has 0 aliphatic heterocycles. The summed E-state index contributed by atoms with van der Waals surface area (Å²) in [6.07, 6.45) is -2.03. The summed E-state index contributed by atoms with van der Waals surface area (Å²) < 4.78 is 10.4. The van der Waals surface area contributed by atoms with Crippen LogP contribution in [0.25, 0.3) is 0 Å². The number of benzene rings is 2. The Labute approximate surface area is 134 Å². The van der Waals surface area contributed by atoms with E-state index in [-0.39, 0.29) is 11.9 Å². The molecule has 0 bridgehead atoms. The minimum atomic E-state index is -1.28. The molecule has 116 valence electrons. The van der Waals surface area contributed by atoms with E-state index in [1.54, 1.807) is 0 Å². The van der Waals surface area contributed by atoms with Crippen molar-refractivity contribution >= 4 is 16.9 Å². The fraction of sp³-hybridized carbons (Fsp3) is 0.235. The average molecular weight is 318 g/mol. The molecule has 0 aliphatic carbocycles. The van der Waals surface area contributed by atoms with Crippen molar-refractivity contribution < 1.29 is 19.4 Å². The Kier molecular flexibility index (Phi) is 6.61. The zero-order chi connectivity index (χ0) is 15.8. The van der Waals surface area contributed by atoms with Crippen LogP contribution in [0.2, 0.25) is 0 Å². The molecule has 2 rings (SSSR count). The molecule has 0 saturated heterocycles. The quantitative estimate of drug-likeness (QED) is 0.628. The largest absolute Gasteiger partial charge is 0.381 e. The van der Waals surface area contributed by atoms with E-state index in [0.717, 1.165) is 22.2 Å². The van der Waals surface area contributed by atoms with Crippen LogP contribution in [0, 0.1) is 0 Å². The second-order valence-electron chi connectivity index (χ2n) is 4.58. The van der Waals surface area contributed by atoms with E-state index in [4.69, 9.17) is 9.47 Å². The topological polar surface area (TPSA) is 55.8 Å². The van der Waals surface area contributed by atoms with Crippen LogP contribution in [0.4, 0.5) is 0 Å². The molecule has 0 spiro atoms. The number of rotatable bonds is 7. The minimum Gasteiger partial charge on any atom is -0.381 e. The molecule has 0 fully saturated rings. The van der Waals surface area contributed by atoms with Crippen molar-refractivity contribution in [1.82, 2.24) is 0 Å². The Morgan fingerprint density at radius 3 is 2.27 bits per heavy atom. The normalized spacial score (nSPS) is 13.5. The van der Waals surface area contributed by atoms with Crippen LogP contribution >= 0.6 is 11.8 Å². The highest BCUT2D eigenvalue weighted by Crippen LogP contribution is 2.28. The fourth-order valence-electron chi connectivity index (χ4n) is 1.94. The van der Waals surface area contributed by atoms with E-state index in [0.29, 0.717) is 0 Å². The third-order valence-electron chi connectivity index (χ3n) is 2.98. The number of hydrogen-bond acceptors (Lipinski definition) is 5. The lowest BCUT2D eigenvalue weighted by molar-refractivity contribution is -0.139. The van der Waals surface area contributed by atoms with Gasteiger partial charge in [-0.3, -0.25) is 4.79 Å². The second kappa shape index (κ2) is 8.70. The maximum Gasteiger partial charge on any atom is 0.225 e. The number of carbonyl (C=O) groups excluding carboxylic acids is 1. The zero-order valence-electron chi connectivity index (χ0n) is 12.2. The monoisotopic (exact) mass is 318 g/mol. The number of methoxy groups -OCH3 is 1. The summed E-state index contributed by atoms with van der Waals surface area (Å²) in [5.41, 5.74) is 0.731. The van der Waals surface area contributed by atoms with Gasteiger partial charge in [0.05, 0.1) is 0 Å². The van der Waals surface area contributed by atoms with Gasteiger partial charge >= 0.3 is 0 Å². The molecule has 5 heteroatoms. The smallest absolute Gasteiger partial charge is 0.225 e. The first-order chi connectivity index (χ1) is 10.7. The highest BCUT2D eigenvalue weighted by atomic mass is 32.2. The number of carbonyl (C=O) groups is 1. The fourth-order valence-corrected chi connectivity index (χ4v) is 2.71. The second-order valence-corrected chi connectivity index (χ2v) is 5.66. The molecule has 1 N–H and O–H groups in total. The Hall–Kier alpha value is -1.66. The van der Waals surface area contributed by atoms with E-state index in [9.17, 15) is 9.90 Å². The number of thioether (sulfide) groups is 1. The van der Waals surface area contributed by atoms with Crippen molar-refractivity contribution in [2.45, 2.75) is 17.1 Å². The van der Waals surface area contributed by atoms with Crippen LogP contribution in [0.3, 0.4) is 0 Å². The Balaban J connectivity index is 2.10. The molecule has 2 aromatic rings. The van der Waals surface area contributed by atoms with Crippen molar-refractivity contribution in [3.8, 4) is 0 Å². The van der Waals surface area contributed by atoms with Gasteiger partial charge in [0.15, 0.2) is 6.10 Å². The van der Waals surface area contributed by atoms with Gasteiger partial charge in [0.1, 0.15) is 12.9 Å². The highest BCUT2D eigenvalue weighted by molar-refractivity contribution is 8.13. The maximum absolute atomic E-state index is 12.3. The van der Waals surface area contributed by atoms with Gasteiger partial charge in [0.2, 0.25) is 5.12 Å². The van der Waals surface area contributed by atoms with E-state index in [1.165, 1.54) is 7.11 Å². The van der Waals surface area contributed by atoms with E-state index in [2.05, 4.69) is 0 Å². The lowest BCUT2D eigenvalue weighted by Gasteiger charge is -2.22. The van der Waals surface area contributed by atoms with Crippen LogP contribution in [-0.2, 0) is 14.3 Å². The SMILES string of the molecule is COCO[C@@H](c1ccccc1)[C@H](O)C(=O)Sc1ccccc1. The summed E-state index contributed by atoms with van der Waals surface area (Å²) >= 11 is 0.998. The molecule has 4 nitrogen and oxygen atoms in total. The third kappa shape index (κ3) is 4.68. The highest BCUT2D eigenvalue weighted by Gasteiger charge is 2.29. The van der Waals surface area contributed by atoms with E-state index in [1.807, 2.05) is 60.7 Å². The van der Waals surface area contributed by atoms with Crippen LogP contribution in [0.5, 0.6) is 0 Å². The molecular formula is C17H18O4S. The van der Waals surface area contributed by atoms with Gasteiger partial charge in [0, 0.05) is 12.0 Å². The summed E-state index contributed by atoms with van der Waals surface area (Å²) in [5.74, 6) is 0. The van der Waals surface area contributed by atoms with Crippen molar-refractivity contribution in [1.29, 1.82) is 0 Å². The first kappa shape index (κ1) is 16.7. The van der Waals surface area contributed by atoms with Gasteiger partial charge in [0.25, 0.3) is 0 Å². The van der Waals surface area contributed by atoms with Crippen LogP contribution < -0.4 is 0 Å². The van der Waals surface area contributed by atoms with Crippen molar-refractivity contribution in [3.05, 3.63) is 66.2 Å². The molecular weight excluding hydrogens is 300 g/mol. The predicted octanol–water partition coefficient (Wildman–Crippen LogP) is 3.03. The summed E-state index contributed by atoms with van der Waals surface area (Å²) in [4.78, 5) is 13.1. The molecule has 0 saturated carbocycles. The standard InChI is InChI=1S/C17H18O4S/c1-20-12-21-16(13-8-4-2-5-9-13)15(18)17(19)22-14-10-6-3-7-11-14/h2-11,15-16,18H,12H2,1H3/t15-,16-/m0/s1. The zero-order valence-corrected chi connectivity index (χ0v) is 13.0. The van der Waals surface area contributed by atoms with Crippen molar-refractivity contribution in [2.75, 3.05) is 13.9 Å². The molecule has 0 amide bonds. The van der Waals surface area contributed by atoms with E-state index >= 15 is 0 Å². The average Bonchev–Trinajstić information content (AvgIpc) is 2.57. The summed E-state index contributed by atoms with van der Waals surface area (Å²) in [6, 6.07) is 18.4. The van der Waals surface area contributed by atoms with Gasteiger partial charge in [-0.05, 0) is 29.5 Å². The first-order valence-electron chi connectivity index (χ1n) is 6.82. The number of ether oxygens (including phenoxy) is 2. The molecule has 22 heavy (non-hydrogen) atoms. The van der Waals surface area contributed by atoms with Crippen molar-refractivity contribution in [3.63, 3.8) is 0 Å². The van der Waals surface area contributed by atoms with Gasteiger partial charge in [-0.15, -0.1) is 0 Å². The Bertz CT molecular complexity index is 574. The molecule has 0 radical (unpaired) electrons. The molecule has 0 aliphatic rings. The lowest BCUT2D eigenvalue weighted by Crippen LogP contribution is -2.28. The number of aliphatic hydroxyl groups is 1. The minimum absolute atomic E-state index is 0.0000946. The van der Waals surface area contributed by atoms with Gasteiger partial charge in [-0.2, -0.15) is 0 Å².